The van der Waals surface area contributed by atoms with Gasteiger partial charge in [-0.15, -0.1) is 11.8 Å². The SMILES string of the molecule is CCSc1cccc(NC2CC2c2ccccc2)c1C#N. The van der Waals surface area contributed by atoms with Crippen LogP contribution >= 0.6 is 11.8 Å². The minimum atomic E-state index is 0.446. The summed E-state index contributed by atoms with van der Waals surface area (Å²) in [6.07, 6.45) is 1.14. The van der Waals surface area contributed by atoms with Gasteiger partial charge in [-0.2, -0.15) is 5.26 Å². The van der Waals surface area contributed by atoms with Crippen LogP contribution in [0.3, 0.4) is 0 Å². The molecule has 0 bridgehead atoms. The van der Waals surface area contributed by atoms with Gasteiger partial charge in [0.15, 0.2) is 0 Å². The molecule has 1 aliphatic carbocycles. The molecule has 0 aliphatic heterocycles. The first kappa shape index (κ1) is 14.0. The summed E-state index contributed by atoms with van der Waals surface area (Å²) in [5.41, 5.74) is 3.13. The van der Waals surface area contributed by atoms with Crippen molar-refractivity contribution in [2.45, 2.75) is 30.2 Å². The molecule has 21 heavy (non-hydrogen) atoms. The Balaban J connectivity index is 1.75. The van der Waals surface area contributed by atoms with E-state index in [9.17, 15) is 5.26 Å². The summed E-state index contributed by atoms with van der Waals surface area (Å²) in [6, 6.07) is 19.5. The first-order valence-electron chi connectivity index (χ1n) is 7.31. The van der Waals surface area contributed by atoms with Crippen molar-refractivity contribution in [3.05, 3.63) is 59.7 Å². The third-order valence-corrected chi connectivity index (χ3v) is 4.74. The lowest BCUT2D eigenvalue weighted by atomic mass is 10.1. The molecule has 1 aliphatic rings. The predicted molar refractivity (Wildman–Crippen MR) is 88.8 cm³/mol. The molecule has 1 saturated carbocycles. The van der Waals surface area contributed by atoms with E-state index in [0.717, 1.165) is 28.3 Å². The summed E-state index contributed by atoms with van der Waals surface area (Å²) < 4.78 is 0. The molecule has 1 N–H and O–H groups in total. The molecule has 0 heterocycles. The zero-order chi connectivity index (χ0) is 14.7. The number of nitrogens with zero attached hydrogens (tertiary/aromatic N) is 1. The lowest BCUT2D eigenvalue weighted by Gasteiger charge is -2.11. The number of nitrogens with one attached hydrogen (secondary N) is 1. The van der Waals surface area contributed by atoms with Crippen LogP contribution < -0.4 is 5.32 Å². The Bertz CT molecular complexity index is 661. The van der Waals surface area contributed by atoms with Crippen molar-refractivity contribution in [2.24, 2.45) is 0 Å². The van der Waals surface area contributed by atoms with E-state index in [4.69, 9.17) is 0 Å². The van der Waals surface area contributed by atoms with Crippen LogP contribution in [0.5, 0.6) is 0 Å². The van der Waals surface area contributed by atoms with E-state index in [1.54, 1.807) is 11.8 Å². The molecule has 106 valence electrons. The molecule has 0 radical (unpaired) electrons. The topological polar surface area (TPSA) is 35.8 Å². The van der Waals surface area contributed by atoms with E-state index < -0.39 is 0 Å². The average Bonchev–Trinajstić information content (AvgIpc) is 3.28. The Kier molecular flexibility index (Phi) is 4.17. The van der Waals surface area contributed by atoms with E-state index in [2.05, 4.69) is 42.6 Å². The third-order valence-electron chi connectivity index (χ3n) is 3.80. The maximum atomic E-state index is 9.44. The van der Waals surface area contributed by atoms with Crippen molar-refractivity contribution in [3.8, 4) is 6.07 Å². The molecule has 2 aromatic rings. The van der Waals surface area contributed by atoms with Gasteiger partial charge in [0.25, 0.3) is 0 Å². The standard InChI is InChI=1S/C18H18N2S/c1-2-21-18-10-6-9-16(15(18)12-19)20-17-11-14(17)13-7-4-3-5-8-13/h3-10,14,17,20H,2,11H2,1H3. The van der Waals surface area contributed by atoms with Gasteiger partial charge in [-0.1, -0.05) is 43.3 Å². The van der Waals surface area contributed by atoms with Gasteiger partial charge >= 0.3 is 0 Å². The highest BCUT2D eigenvalue weighted by molar-refractivity contribution is 7.99. The summed E-state index contributed by atoms with van der Waals surface area (Å²) >= 11 is 1.72. The van der Waals surface area contributed by atoms with Crippen LogP contribution in [0.4, 0.5) is 5.69 Å². The lowest BCUT2D eigenvalue weighted by Crippen LogP contribution is -2.06. The van der Waals surface area contributed by atoms with Crippen molar-refractivity contribution in [1.82, 2.24) is 0 Å². The maximum absolute atomic E-state index is 9.44. The minimum absolute atomic E-state index is 0.446. The van der Waals surface area contributed by atoms with Crippen molar-refractivity contribution < 1.29 is 0 Å². The number of anilines is 1. The molecule has 1 fully saturated rings. The van der Waals surface area contributed by atoms with E-state index in [0.29, 0.717) is 12.0 Å². The molecule has 0 aromatic heterocycles. The molecular formula is C18H18N2S. The Morgan fingerprint density at radius 2 is 2.00 bits per heavy atom. The fraction of sp³-hybridized carbons (Fsp3) is 0.278. The number of rotatable bonds is 5. The van der Waals surface area contributed by atoms with Gasteiger partial charge in [-0.05, 0) is 29.9 Å². The van der Waals surface area contributed by atoms with Crippen LogP contribution in [-0.2, 0) is 0 Å². The van der Waals surface area contributed by atoms with Crippen LogP contribution in [0.15, 0.2) is 53.4 Å². The fourth-order valence-electron chi connectivity index (χ4n) is 2.67. The van der Waals surface area contributed by atoms with Crippen molar-refractivity contribution in [2.75, 3.05) is 11.1 Å². The zero-order valence-electron chi connectivity index (χ0n) is 12.0. The fourth-order valence-corrected chi connectivity index (χ4v) is 3.45. The highest BCUT2D eigenvalue weighted by Crippen LogP contribution is 2.43. The molecule has 3 heteroatoms. The number of thioether (sulfide) groups is 1. The van der Waals surface area contributed by atoms with E-state index in [1.165, 1.54) is 5.56 Å². The second-order valence-corrected chi connectivity index (χ2v) is 6.53. The molecule has 2 nitrogen and oxygen atoms in total. The van der Waals surface area contributed by atoms with Crippen molar-refractivity contribution in [1.29, 1.82) is 5.26 Å². The molecule has 2 atom stereocenters. The molecular weight excluding hydrogens is 276 g/mol. The normalized spacial score (nSPS) is 19.8. The first-order valence-corrected chi connectivity index (χ1v) is 8.29. The molecule has 0 saturated heterocycles. The predicted octanol–water partition coefficient (Wildman–Crippen LogP) is 4.64. The summed E-state index contributed by atoms with van der Waals surface area (Å²) in [5, 5.41) is 13.0. The third kappa shape index (κ3) is 3.06. The number of nitriles is 1. The van der Waals surface area contributed by atoms with Crippen LogP contribution in [0.1, 0.15) is 30.4 Å². The Labute approximate surface area is 130 Å². The molecule has 3 rings (SSSR count). The molecule has 2 aromatic carbocycles. The summed E-state index contributed by atoms with van der Waals surface area (Å²) in [4.78, 5) is 1.07. The molecule has 0 amide bonds. The lowest BCUT2D eigenvalue weighted by molar-refractivity contribution is 1.04. The van der Waals surface area contributed by atoms with E-state index >= 15 is 0 Å². The summed E-state index contributed by atoms with van der Waals surface area (Å²) in [7, 11) is 0. The number of hydrogen-bond donors (Lipinski definition) is 1. The molecule has 2 unspecified atom stereocenters. The van der Waals surface area contributed by atoms with Gasteiger partial charge in [0.05, 0.1) is 11.3 Å². The van der Waals surface area contributed by atoms with Crippen LogP contribution in [0.25, 0.3) is 0 Å². The number of hydrogen-bond acceptors (Lipinski definition) is 3. The molecule has 0 spiro atoms. The van der Waals surface area contributed by atoms with Gasteiger partial charge in [-0.25, -0.2) is 0 Å². The van der Waals surface area contributed by atoms with Gasteiger partial charge in [0.1, 0.15) is 6.07 Å². The highest BCUT2D eigenvalue weighted by Gasteiger charge is 2.38. The largest absolute Gasteiger partial charge is 0.381 e. The van der Waals surface area contributed by atoms with E-state index in [1.807, 2.05) is 24.3 Å². The van der Waals surface area contributed by atoms with Gasteiger partial charge in [0.2, 0.25) is 0 Å². The minimum Gasteiger partial charge on any atom is -0.381 e. The van der Waals surface area contributed by atoms with Crippen molar-refractivity contribution in [3.63, 3.8) is 0 Å². The first-order chi connectivity index (χ1) is 10.3. The van der Waals surface area contributed by atoms with E-state index in [-0.39, 0.29) is 0 Å². The second kappa shape index (κ2) is 6.24. The quantitative estimate of drug-likeness (QED) is 0.816. The Hall–Kier alpha value is -1.92. The second-order valence-electron chi connectivity index (χ2n) is 5.23. The maximum Gasteiger partial charge on any atom is 0.102 e. The average molecular weight is 294 g/mol. The summed E-state index contributed by atoms with van der Waals surface area (Å²) in [5.74, 6) is 1.55. The zero-order valence-corrected chi connectivity index (χ0v) is 12.9. The van der Waals surface area contributed by atoms with Gasteiger partial charge in [0, 0.05) is 16.9 Å². The monoisotopic (exact) mass is 294 g/mol. The van der Waals surface area contributed by atoms with Crippen LogP contribution in [0, 0.1) is 11.3 Å². The smallest absolute Gasteiger partial charge is 0.102 e. The van der Waals surface area contributed by atoms with Crippen LogP contribution in [-0.4, -0.2) is 11.8 Å². The van der Waals surface area contributed by atoms with Gasteiger partial charge in [-0.3, -0.25) is 0 Å². The van der Waals surface area contributed by atoms with Crippen molar-refractivity contribution >= 4 is 17.4 Å². The van der Waals surface area contributed by atoms with Crippen LogP contribution in [0.2, 0.25) is 0 Å². The number of benzene rings is 2. The van der Waals surface area contributed by atoms with Gasteiger partial charge < -0.3 is 5.32 Å². The Morgan fingerprint density at radius 3 is 2.71 bits per heavy atom. The highest BCUT2D eigenvalue weighted by atomic mass is 32.2. The Morgan fingerprint density at radius 1 is 1.19 bits per heavy atom. The summed E-state index contributed by atoms with van der Waals surface area (Å²) in [6.45, 7) is 2.11.